The molecule has 3 aromatic rings. The van der Waals surface area contributed by atoms with Crippen molar-refractivity contribution in [2.24, 2.45) is 0 Å². The van der Waals surface area contributed by atoms with Crippen LogP contribution in [-0.4, -0.2) is 31.7 Å². The van der Waals surface area contributed by atoms with Crippen molar-refractivity contribution in [1.82, 2.24) is 19.7 Å². The predicted molar refractivity (Wildman–Crippen MR) is 104 cm³/mol. The maximum absolute atomic E-state index is 12.7. The SMILES string of the molecule is O=C(NCCn1nc(-c2cccs2)n(C2CC2)c1=O)c1cccc([N+](=O)[O-])c1. The van der Waals surface area contributed by atoms with E-state index in [2.05, 4.69) is 10.4 Å². The number of thiophene rings is 1. The predicted octanol–water partition coefficient (Wildman–Crippen LogP) is 2.45. The number of nitrogens with zero attached hydrogens (tertiary/aromatic N) is 4. The minimum Gasteiger partial charge on any atom is -0.350 e. The Balaban J connectivity index is 1.46. The molecule has 9 nitrogen and oxygen atoms in total. The largest absolute Gasteiger partial charge is 0.350 e. The lowest BCUT2D eigenvalue weighted by Crippen LogP contribution is -2.32. The van der Waals surface area contributed by atoms with Crippen LogP contribution in [-0.2, 0) is 6.54 Å². The smallest absolute Gasteiger partial charge is 0.346 e. The molecular formula is C18H17N5O4S. The topological polar surface area (TPSA) is 112 Å². The standard InChI is InChI=1S/C18H17N5O4S/c24-17(12-3-1-4-14(11-12)23(26)27)19-8-9-21-18(25)22(13-6-7-13)16(20-21)15-5-2-10-28-15/h1-5,10-11,13H,6-9H2,(H,19,24). The van der Waals surface area contributed by atoms with Crippen LogP contribution in [0.5, 0.6) is 0 Å². The highest BCUT2D eigenvalue weighted by Gasteiger charge is 2.30. The molecule has 0 bridgehead atoms. The zero-order valence-corrected chi connectivity index (χ0v) is 15.6. The van der Waals surface area contributed by atoms with Crippen LogP contribution in [0.3, 0.4) is 0 Å². The van der Waals surface area contributed by atoms with Crippen LogP contribution in [0.15, 0.2) is 46.6 Å². The van der Waals surface area contributed by atoms with Crippen LogP contribution in [0, 0.1) is 10.1 Å². The lowest BCUT2D eigenvalue weighted by atomic mass is 10.2. The van der Waals surface area contributed by atoms with Crippen LogP contribution in [0.2, 0.25) is 0 Å². The fraction of sp³-hybridized carbons (Fsp3) is 0.278. The van der Waals surface area contributed by atoms with Gasteiger partial charge in [0, 0.05) is 30.3 Å². The van der Waals surface area contributed by atoms with Gasteiger partial charge in [0.15, 0.2) is 5.82 Å². The molecule has 0 aliphatic heterocycles. The molecule has 0 radical (unpaired) electrons. The molecule has 1 aromatic carbocycles. The molecule has 1 aliphatic rings. The maximum atomic E-state index is 12.7. The molecule has 1 fully saturated rings. The normalized spacial score (nSPS) is 13.4. The summed E-state index contributed by atoms with van der Waals surface area (Å²) < 4.78 is 3.09. The van der Waals surface area contributed by atoms with E-state index in [4.69, 9.17) is 0 Å². The van der Waals surface area contributed by atoms with Gasteiger partial charge in [-0.3, -0.25) is 19.5 Å². The summed E-state index contributed by atoms with van der Waals surface area (Å²) in [6.45, 7) is 0.407. The van der Waals surface area contributed by atoms with Crippen molar-refractivity contribution in [2.45, 2.75) is 25.4 Å². The third kappa shape index (κ3) is 3.58. The van der Waals surface area contributed by atoms with E-state index in [1.165, 1.54) is 40.3 Å². The lowest BCUT2D eigenvalue weighted by Gasteiger charge is -2.05. The van der Waals surface area contributed by atoms with Crippen molar-refractivity contribution < 1.29 is 9.72 Å². The number of nitro groups is 1. The summed E-state index contributed by atoms with van der Waals surface area (Å²) in [6, 6.07) is 9.55. The first kappa shape index (κ1) is 18.1. The molecule has 0 unspecified atom stereocenters. The van der Waals surface area contributed by atoms with E-state index >= 15 is 0 Å². The molecule has 1 saturated carbocycles. The second kappa shape index (κ2) is 7.39. The first-order valence-electron chi connectivity index (χ1n) is 8.80. The molecule has 1 amide bonds. The summed E-state index contributed by atoms with van der Waals surface area (Å²) in [5, 5.41) is 19.9. The number of rotatable bonds is 7. The number of nitro benzene ring substituents is 1. The van der Waals surface area contributed by atoms with Crippen molar-refractivity contribution in [3.63, 3.8) is 0 Å². The van der Waals surface area contributed by atoms with E-state index in [0.717, 1.165) is 17.7 Å². The highest BCUT2D eigenvalue weighted by atomic mass is 32.1. The third-order valence-corrected chi connectivity index (χ3v) is 5.32. The fourth-order valence-corrected chi connectivity index (χ4v) is 3.65. The van der Waals surface area contributed by atoms with Gasteiger partial charge in [-0.1, -0.05) is 12.1 Å². The Morgan fingerprint density at radius 3 is 2.82 bits per heavy atom. The van der Waals surface area contributed by atoms with E-state index in [-0.39, 0.29) is 36.1 Å². The van der Waals surface area contributed by atoms with Gasteiger partial charge in [0.2, 0.25) is 0 Å². The van der Waals surface area contributed by atoms with Gasteiger partial charge in [-0.15, -0.1) is 16.4 Å². The van der Waals surface area contributed by atoms with E-state index in [1.54, 1.807) is 4.57 Å². The Morgan fingerprint density at radius 1 is 1.32 bits per heavy atom. The van der Waals surface area contributed by atoms with E-state index < -0.39 is 10.8 Å². The maximum Gasteiger partial charge on any atom is 0.346 e. The fourth-order valence-electron chi connectivity index (χ4n) is 2.94. The average Bonchev–Trinajstić information content (AvgIpc) is 3.26. The zero-order chi connectivity index (χ0) is 19.7. The Kier molecular flexibility index (Phi) is 4.78. The second-order valence-electron chi connectivity index (χ2n) is 6.47. The van der Waals surface area contributed by atoms with E-state index in [9.17, 15) is 19.7 Å². The number of nitrogens with one attached hydrogen (secondary N) is 1. The molecule has 4 rings (SSSR count). The van der Waals surface area contributed by atoms with Gasteiger partial charge in [-0.2, -0.15) is 0 Å². The van der Waals surface area contributed by atoms with Crippen LogP contribution >= 0.6 is 11.3 Å². The monoisotopic (exact) mass is 399 g/mol. The zero-order valence-electron chi connectivity index (χ0n) is 14.8. The molecule has 0 saturated heterocycles. The Labute approximate surface area is 163 Å². The number of amides is 1. The molecule has 2 heterocycles. The summed E-state index contributed by atoms with van der Waals surface area (Å²) in [5.41, 5.74) is -0.132. The molecular weight excluding hydrogens is 382 g/mol. The molecule has 28 heavy (non-hydrogen) atoms. The van der Waals surface area contributed by atoms with Gasteiger partial charge in [-0.05, 0) is 30.4 Å². The van der Waals surface area contributed by atoms with Gasteiger partial charge in [0.05, 0.1) is 16.3 Å². The molecule has 1 N–H and O–H groups in total. The number of carbonyl (C=O) groups is 1. The Bertz CT molecular complexity index is 1080. The van der Waals surface area contributed by atoms with E-state index in [1.807, 2.05) is 17.5 Å². The van der Waals surface area contributed by atoms with Crippen molar-refractivity contribution in [2.75, 3.05) is 6.54 Å². The van der Waals surface area contributed by atoms with Crippen molar-refractivity contribution in [3.05, 3.63) is 67.9 Å². The first-order valence-corrected chi connectivity index (χ1v) is 9.68. The summed E-state index contributed by atoms with van der Waals surface area (Å²) in [6.07, 6.45) is 1.93. The molecule has 1 aliphatic carbocycles. The Morgan fingerprint density at radius 2 is 2.14 bits per heavy atom. The van der Waals surface area contributed by atoms with Gasteiger partial charge in [-0.25, -0.2) is 9.48 Å². The van der Waals surface area contributed by atoms with Gasteiger partial charge >= 0.3 is 5.69 Å². The lowest BCUT2D eigenvalue weighted by molar-refractivity contribution is -0.384. The second-order valence-corrected chi connectivity index (χ2v) is 7.42. The quantitative estimate of drug-likeness (QED) is 0.484. The first-order chi connectivity index (χ1) is 13.5. The minimum absolute atomic E-state index is 0.146. The number of carbonyl (C=O) groups excluding carboxylic acids is 1. The van der Waals surface area contributed by atoms with E-state index in [0.29, 0.717) is 5.82 Å². The van der Waals surface area contributed by atoms with Crippen LogP contribution in [0.1, 0.15) is 29.2 Å². The molecule has 0 atom stereocenters. The molecule has 144 valence electrons. The third-order valence-electron chi connectivity index (χ3n) is 4.45. The van der Waals surface area contributed by atoms with Gasteiger partial charge in [0.1, 0.15) is 0 Å². The average molecular weight is 399 g/mol. The summed E-state index contributed by atoms with van der Waals surface area (Å²) in [4.78, 5) is 36.2. The van der Waals surface area contributed by atoms with Crippen molar-refractivity contribution >= 4 is 22.9 Å². The van der Waals surface area contributed by atoms with Gasteiger partial charge in [0.25, 0.3) is 11.6 Å². The van der Waals surface area contributed by atoms with Crippen LogP contribution in [0.25, 0.3) is 10.7 Å². The highest BCUT2D eigenvalue weighted by Crippen LogP contribution is 2.37. The number of hydrogen-bond donors (Lipinski definition) is 1. The van der Waals surface area contributed by atoms with Crippen LogP contribution < -0.4 is 11.0 Å². The number of hydrogen-bond acceptors (Lipinski definition) is 6. The number of aromatic nitrogens is 3. The van der Waals surface area contributed by atoms with Crippen molar-refractivity contribution in [1.29, 1.82) is 0 Å². The van der Waals surface area contributed by atoms with Crippen molar-refractivity contribution in [3.8, 4) is 10.7 Å². The van der Waals surface area contributed by atoms with Crippen LogP contribution in [0.4, 0.5) is 5.69 Å². The minimum atomic E-state index is -0.549. The number of non-ortho nitro benzene ring substituents is 1. The summed E-state index contributed by atoms with van der Waals surface area (Å²) in [5.74, 6) is 0.226. The Hall–Kier alpha value is -3.27. The summed E-state index contributed by atoms with van der Waals surface area (Å²) in [7, 11) is 0. The van der Waals surface area contributed by atoms with Gasteiger partial charge < -0.3 is 5.32 Å². The number of benzene rings is 1. The molecule has 10 heteroatoms. The molecule has 0 spiro atoms. The molecule has 2 aromatic heterocycles. The summed E-state index contributed by atoms with van der Waals surface area (Å²) >= 11 is 1.53. The highest BCUT2D eigenvalue weighted by molar-refractivity contribution is 7.13.